The van der Waals surface area contributed by atoms with E-state index in [-0.39, 0.29) is 6.10 Å². The third-order valence-electron chi connectivity index (χ3n) is 1.80. The second-order valence-corrected chi connectivity index (χ2v) is 2.85. The molecule has 0 aliphatic rings. The Bertz CT molecular complexity index is 282. The fourth-order valence-electron chi connectivity index (χ4n) is 1.09. The first-order valence-electron chi connectivity index (χ1n) is 4.62. The lowest BCUT2D eigenvalue weighted by molar-refractivity contribution is 0.0317. The van der Waals surface area contributed by atoms with Crippen molar-refractivity contribution in [3.8, 4) is 0 Å². The molecule has 0 fully saturated rings. The molecule has 0 saturated carbocycles. The Morgan fingerprint density at radius 2 is 2.00 bits per heavy atom. The van der Waals surface area contributed by atoms with Crippen LogP contribution >= 0.6 is 0 Å². The molecule has 0 aromatic heterocycles. The van der Waals surface area contributed by atoms with Crippen LogP contribution in [0.15, 0.2) is 30.3 Å². The van der Waals surface area contributed by atoms with Crippen LogP contribution in [0.4, 0.5) is 4.79 Å². The maximum atomic E-state index is 11.0. The average molecular weight is 194 g/mol. The van der Waals surface area contributed by atoms with Gasteiger partial charge in [-0.1, -0.05) is 30.3 Å². The standard InChI is InChI=1S/C11H14O3/c1-3-13-11(12)14-9(2)10-7-5-4-6-8-10/h4-9H,3H2,1-2H3. The molecule has 1 unspecified atom stereocenters. The van der Waals surface area contributed by atoms with Gasteiger partial charge >= 0.3 is 6.16 Å². The minimum atomic E-state index is -0.621. The largest absolute Gasteiger partial charge is 0.508 e. The molecule has 0 radical (unpaired) electrons. The van der Waals surface area contributed by atoms with Gasteiger partial charge in [0.05, 0.1) is 6.61 Å². The summed E-state index contributed by atoms with van der Waals surface area (Å²) in [6.07, 6.45) is -0.890. The van der Waals surface area contributed by atoms with Crippen LogP contribution in [0.3, 0.4) is 0 Å². The molecule has 0 saturated heterocycles. The minimum Gasteiger partial charge on any atom is -0.435 e. The molecule has 3 nitrogen and oxygen atoms in total. The quantitative estimate of drug-likeness (QED) is 0.694. The van der Waals surface area contributed by atoms with E-state index in [1.54, 1.807) is 6.92 Å². The molecule has 0 amide bonds. The Morgan fingerprint density at radius 3 is 2.57 bits per heavy atom. The van der Waals surface area contributed by atoms with E-state index in [2.05, 4.69) is 4.74 Å². The number of hydrogen-bond donors (Lipinski definition) is 0. The molecule has 1 aromatic rings. The minimum absolute atomic E-state index is 0.268. The second-order valence-electron chi connectivity index (χ2n) is 2.85. The zero-order valence-corrected chi connectivity index (χ0v) is 8.40. The summed E-state index contributed by atoms with van der Waals surface area (Å²) in [4.78, 5) is 11.0. The predicted octanol–water partition coefficient (Wildman–Crippen LogP) is 2.92. The third kappa shape index (κ3) is 3.09. The maximum Gasteiger partial charge on any atom is 0.508 e. The van der Waals surface area contributed by atoms with Gasteiger partial charge in [-0.15, -0.1) is 0 Å². The number of carbonyl (C=O) groups is 1. The molecule has 1 aromatic carbocycles. The van der Waals surface area contributed by atoms with Crippen LogP contribution in [0.1, 0.15) is 25.5 Å². The van der Waals surface area contributed by atoms with Crippen molar-refractivity contribution in [3.05, 3.63) is 35.9 Å². The first kappa shape index (κ1) is 10.6. The van der Waals surface area contributed by atoms with E-state index < -0.39 is 6.16 Å². The summed E-state index contributed by atoms with van der Waals surface area (Å²) in [7, 11) is 0. The van der Waals surface area contributed by atoms with E-state index in [4.69, 9.17) is 4.74 Å². The van der Waals surface area contributed by atoms with E-state index in [0.29, 0.717) is 6.61 Å². The summed E-state index contributed by atoms with van der Waals surface area (Å²) in [5.41, 5.74) is 0.959. The van der Waals surface area contributed by atoms with Gasteiger partial charge < -0.3 is 9.47 Å². The molecule has 3 heteroatoms. The van der Waals surface area contributed by atoms with Crippen molar-refractivity contribution in [1.29, 1.82) is 0 Å². The van der Waals surface area contributed by atoms with Gasteiger partial charge in [-0.2, -0.15) is 0 Å². The van der Waals surface area contributed by atoms with Crippen molar-refractivity contribution in [1.82, 2.24) is 0 Å². The summed E-state index contributed by atoms with van der Waals surface area (Å²) in [6.45, 7) is 3.89. The van der Waals surface area contributed by atoms with E-state index >= 15 is 0 Å². The third-order valence-corrected chi connectivity index (χ3v) is 1.80. The zero-order valence-electron chi connectivity index (χ0n) is 8.40. The highest BCUT2D eigenvalue weighted by Gasteiger charge is 2.11. The topological polar surface area (TPSA) is 35.5 Å². The van der Waals surface area contributed by atoms with Crippen LogP contribution < -0.4 is 0 Å². The van der Waals surface area contributed by atoms with Gasteiger partial charge in [-0.3, -0.25) is 0 Å². The molecule has 0 bridgehead atoms. The van der Waals surface area contributed by atoms with Crippen LogP contribution in [-0.4, -0.2) is 12.8 Å². The monoisotopic (exact) mass is 194 g/mol. The van der Waals surface area contributed by atoms with Crippen molar-refractivity contribution >= 4 is 6.16 Å². The second kappa shape index (κ2) is 5.27. The fourth-order valence-corrected chi connectivity index (χ4v) is 1.09. The molecule has 0 aliphatic heterocycles. The van der Waals surface area contributed by atoms with Gasteiger partial charge in [-0.25, -0.2) is 4.79 Å². The lowest BCUT2D eigenvalue weighted by atomic mass is 10.1. The van der Waals surface area contributed by atoms with Gasteiger partial charge in [0.1, 0.15) is 6.10 Å². The molecule has 0 N–H and O–H groups in total. The lowest BCUT2D eigenvalue weighted by Gasteiger charge is -2.12. The highest BCUT2D eigenvalue weighted by atomic mass is 16.7. The first-order valence-corrected chi connectivity index (χ1v) is 4.62. The van der Waals surface area contributed by atoms with Gasteiger partial charge in [0, 0.05) is 0 Å². The van der Waals surface area contributed by atoms with Crippen LogP contribution in [0.2, 0.25) is 0 Å². The molecule has 0 spiro atoms. The van der Waals surface area contributed by atoms with Crippen molar-refractivity contribution in [2.24, 2.45) is 0 Å². The van der Waals surface area contributed by atoms with Crippen LogP contribution in [-0.2, 0) is 9.47 Å². The van der Waals surface area contributed by atoms with Gasteiger partial charge in [-0.05, 0) is 19.4 Å². The molecular formula is C11H14O3. The molecule has 76 valence electrons. The molecule has 1 rings (SSSR count). The van der Waals surface area contributed by atoms with Gasteiger partial charge in [0.15, 0.2) is 0 Å². The summed E-state index contributed by atoms with van der Waals surface area (Å²) in [6, 6.07) is 9.54. The first-order chi connectivity index (χ1) is 6.74. The van der Waals surface area contributed by atoms with Crippen molar-refractivity contribution in [2.75, 3.05) is 6.61 Å². The Balaban J connectivity index is 2.50. The van der Waals surface area contributed by atoms with Gasteiger partial charge in [0.25, 0.3) is 0 Å². The molecule has 1 atom stereocenters. The maximum absolute atomic E-state index is 11.0. The van der Waals surface area contributed by atoms with Crippen LogP contribution in [0.5, 0.6) is 0 Å². The summed E-state index contributed by atoms with van der Waals surface area (Å²) >= 11 is 0. The SMILES string of the molecule is CCOC(=O)OC(C)c1ccccc1. The molecule has 0 heterocycles. The van der Waals surface area contributed by atoms with E-state index in [0.717, 1.165) is 5.56 Å². The molecule has 14 heavy (non-hydrogen) atoms. The average Bonchev–Trinajstić information content (AvgIpc) is 2.19. The normalized spacial score (nSPS) is 11.9. The highest BCUT2D eigenvalue weighted by Crippen LogP contribution is 2.16. The van der Waals surface area contributed by atoms with E-state index in [9.17, 15) is 4.79 Å². The van der Waals surface area contributed by atoms with E-state index in [1.807, 2.05) is 37.3 Å². The Kier molecular flexibility index (Phi) is 3.98. The van der Waals surface area contributed by atoms with Crippen LogP contribution in [0.25, 0.3) is 0 Å². The Hall–Kier alpha value is -1.51. The van der Waals surface area contributed by atoms with Gasteiger partial charge in [0.2, 0.25) is 0 Å². The lowest BCUT2D eigenvalue weighted by Crippen LogP contribution is -2.10. The summed E-state index contributed by atoms with van der Waals surface area (Å²) < 4.78 is 9.69. The Morgan fingerprint density at radius 1 is 1.36 bits per heavy atom. The number of ether oxygens (including phenoxy) is 2. The fraction of sp³-hybridized carbons (Fsp3) is 0.364. The predicted molar refractivity (Wildman–Crippen MR) is 53.0 cm³/mol. The van der Waals surface area contributed by atoms with Crippen molar-refractivity contribution in [3.63, 3.8) is 0 Å². The number of benzene rings is 1. The van der Waals surface area contributed by atoms with Crippen LogP contribution in [0, 0.1) is 0 Å². The smallest absolute Gasteiger partial charge is 0.435 e. The van der Waals surface area contributed by atoms with Crippen molar-refractivity contribution < 1.29 is 14.3 Å². The summed E-state index contributed by atoms with van der Waals surface area (Å²) in [5, 5.41) is 0. The number of rotatable bonds is 3. The number of carbonyl (C=O) groups excluding carboxylic acids is 1. The molecular weight excluding hydrogens is 180 g/mol. The van der Waals surface area contributed by atoms with E-state index in [1.165, 1.54) is 0 Å². The zero-order chi connectivity index (χ0) is 10.4. The Labute approximate surface area is 83.6 Å². The molecule has 0 aliphatic carbocycles. The highest BCUT2D eigenvalue weighted by molar-refractivity contribution is 5.60. The van der Waals surface area contributed by atoms with Crippen molar-refractivity contribution in [2.45, 2.75) is 20.0 Å². The number of hydrogen-bond acceptors (Lipinski definition) is 3. The summed E-state index contributed by atoms with van der Waals surface area (Å²) in [5.74, 6) is 0.